The van der Waals surface area contributed by atoms with Gasteiger partial charge in [0.25, 0.3) is 0 Å². The Morgan fingerprint density at radius 1 is 0.897 bits per heavy atom. The van der Waals surface area contributed by atoms with Gasteiger partial charge < -0.3 is 14.2 Å². The van der Waals surface area contributed by atoms with E-state index in [4.69, 9.17) is 9.47 Å². The number of halogens is 4. The minimum Gasteiger partial charge on any atom is -0.494 e. The number of methoxy groups -OCH3 is 1. The number of hydrogen-bond acceptors (Lipinski definition) is 5. The van der Waals surface area contributed by atoms with E-state index >= 15 is 0 Å². The Bertz CT molecular complexity index is 972. The molecule has 0 aromatic heterocycles. The van der Waals surface area contributed by atoms with Gasteiger partial charge in [-0.05, 0) is 31.2 Å². The van der Waals surface area contributed by atoms with Crippen molar-refractivity contribution in [3.8, 4) is 22.6 Å². The zero-order chi connectivity index (χ0) is 21.7. The molecule has 0 saturated carbocycles. The molecule has 0 amide bonds. The van der Waals surface area contributed by atoms with Crippen molar-refractivity contribution in [1.29, 1.82) is 0 Å². The lowest BCUT2D eigenvalue weighted by Crippen LogP contribution is -2.15. The Morgan fingerprint density at radius 3 is 1.93 bits per heavy atom. The van der Waals surface area contributed by atoms with Crippen LogP contribution in [0.15, 0.2) is 36.4 Å². The fourth-order valence-electron chi connectivity index (χ4n) is 2.24. The zero-order valence-corrected chi connectivity index (χ0v) is 15.5. The van der Waals surface area contributed by atoms with Crippen LogP contribution < -0.4 is 9.47 Å². The van der Waals surface area contributed by atoms with Crippen molar-refractivity contribution >= 4 is 11.9 Å². The van der Waals surface area contributed by atoms with E-state index in [2.05, 4.69) is 11.3 Å². The van der Waals surface area contributed by atoms with Crippen LogP contribution in [-0.4, -0.2) is 25.7 Å². The van der Waals surface area contributed by atoms with Gasteiger partial charge in [-0.2, -0.15) is 8.78 Å². The van der Waals surface area contributed by atoms with E-state index in [9.17, 15) is 27.2 Å². The maximum atomic E-state index is 14.4. The highest BCUT2D eigenvalue weighted by Gasteiger charge is 2.22. The molecule has 0 spiro atoms. The zero-order valence-electron chi connectivity index (χ0n) is 15.5. The molecule has 0 saturated heterocycles. The van der Waals surface area contributed by atoms with E-state index in [0.717, 1.165) is 31.4 Å². The Hall–Kier alpha value is -3.36. The van der Waals surface area contributed by atoms with Gasteiger partial charge in [0.1, 0.15) is 6.61 Å². The summed E-state index contributed by atoms with van der Waals surface area (Å²) in [5.41, 5.74) is -0.981. The monoisotopic (exact) mass is 412 g/mol. The molecule has 0 aliphatic rings. The Labute approximate surface area is 163 Å². The molecule has 0 aliphatic carbocycles. The summed E-state index contributed by atoms with van der Waals surface area (Å²) in [6.45, 7) is 4.43. The molecule has 2 rings (SSSR count). The summed E-state index contributed by atoms with van der Waals surface area (Å²) in [5, 5.41) is 0. The summed E-state index contributed by atoms with van der Waals surface area (Å²) in [6.07, 6.45) is -0.417. The van der Waals surface area contributed by atoms with Gasteiger partial charge >= 0.3 is 11.9 Å². The normalized spacial score (nSPS) is 10.4. The van der Waals surface area contributed by atoms with Gasteiger partial charge in [-0.15, -0.1) is 0 Å². The number of ether oxygens (including phenoxy) is 3. The van der Waals surface area contributed by atoms with Gasteiger partial charge in [-0.25, -0.2) is 13.6 Å². The first-order valence-electron chi connectivity index (χ1n) is 8.21. The molecule has 0 radical (unpaired) electrons. The van der Waals surface area contributed by atoms with Crippen LogP contribution in [-0.2, 0) is 14.3 Å². The molecule has 29 heavy (non-hydrogen) atoms. The Morgan fingerprint density at radius 2 is 1.41 bits per heavy atom. The van der Waals surface area contributed by atoms with Crippen molar-refractivity contribution in [2.45, 2.75) is 13.3 Å². The lowest BCUT2D eigenvalue weighted by molar-refractivity contribution is -0.142. The number of carbonyl (C=O) groups is 2. The first-order chi connectivity index (χ1) is 13.7. The summed E-state index contributed by atoms with van der Waals surface area (Å²) in [6, 6.07) is 3.92. The van der Waals surface area contributed by atoms with Crippen LogP contribution in [0.2, 0.25) is 0 Å². The van der Waals surface area contributed by atoms with E-state index in [0.29, 0.717) is 0 Å². The molecular formula is C20H16F4O5. The molecule has 5 nitrogen and oxygen atoms in total. The van der Waals surface area contributed by atoms with Crippen LogP contribution in [0, 0.1) is 23.3 Å². The lowest BCUT2D eigenvalue weighted by Gasteiger charge is -2.11. The van der Waals surface area contributed by atoms with Crippen LogP contribution in [0.25, 0.3) is 11.1 Å². The van der Waals surface area contributed by atoms with Gasteiger partial charge in [-0.3, -0.25) is 4.79 Å². The second-order valence-electron chi connectivity index (χ2n) is 5.82. The second kappa shape index (κ2) is 9.22. The summed E-state index contributed by atoms with van der Waals surface area (Å²) >= 11 is 0. The highest BCUT2D eigenvalue weighted by Crippen LogP contribution is 2.34. The summed E-state index contributed by atoms with van der Waals surface area (Å²) in [5.74, 6) is -8.74. The predicted molar refractivity (Wildman–Crippen MR) is 94.3 cm³/mol. The molecule has 154 valence electrons. The SMILES string of the molecule is C=C(C)C(=O)OCCC(=O)Oc1ccc(-c2ccc(OC)c(F)c2F)c(F)c1F. The van der Waals surface area contributed by atoms with E-state index in [1.165, 1.54) is 6.92 Å². The van der Waals surface area contributed by atoms with Crippen molar-refractivity contribution in [2.75, 3.05) is 13.7 Å². The minimum atomic E-state index is -1.56. The average molecular weight is 412 g/mol. The summed E-state index contributed by atoms with van der Waals surface area (Å²) in [7, 11) is 1.13. The van der Waals surface area contributed by atoms with Gasteiger partial charge in [0.15, 0.2) is 23.1 Å². The molecule has 0 unspecified atom stereocenters. The number of rotatable bonds is 7. The third-order valence-electron chi connectivity index (χ3n) is 3.72. The molecule has 0 heterocycles. The fraction of sp³-hybridized carbons (Fsp3) is 0.200. The lowest BCUT2D eigenvalue weighted by atomic mass is 10.0. The first kappa shape index (κ1) is 21.9. The maximum absolute atomic E-state index is 14.4. The van der Waals surface area contributed by atoms with Crippen molar-refractivity contribution in [3.63, 3.8) is 0 Å². The maximum Gasteiger partial charge on any atom is 0.333 e. The average Bonchev–Trinajstić information content (AvgIpc) is 2.68. The van der Waals surface area contributed by atoms with Crippen molar-refractivity contribution < 1.29 is 41.4 Å². The Kier molecular flexibility index (Phi) is 6.98. The van der Waals surface area contributed by atoms with E-state index in [1.54, 1.807) is 0 Å². The molecule has 0 aliphatic heterocycles. The molecule has 2 aromatic rings. The highest BCUT2D eigenvalue weighted by atomic mass is 19.2. The van der Waals surface area contributed by atoms with Gasteiger partial charge in [-0.1, -0.05) is 6.58 Å². The first-order valence-corrected chi connectivity index (χ1v) is 8.21. The van der Waals surface area contributed by atoms with Gasteiger partial charge in [0.05, 0.1) is 13.5 Å². The quantitative estimate of drug-likeness (QED) is 0.293. The topological polar surface area (TPSA) is 61.8 Å². The van der Waals surface area contributed by atoms with Crippen molar-refractivity contribution in [3.05, 3.63) is 59.7 Å². The van der Waals surface area contributed by atoms with Crippen LogP contribution >= 0.6 is 0 Å². The largest absolute Gasteiger partial charge is 0.494 e. The standard InChI is InChI=1S/C20H16F4O5/c1-10(2)20(26)28-9-8-15(25)29-14-7-5-12(17(22)19(14)24)11-4-6-13(27-3)18(23)16(11)21/h4-7H,1,8-9H2,2-3H3. The minimum absolute atomic E-state index is 0.129. The van der Waals surface area contributed by atoms with Crippen LogP contribution in [0.3, 0.4) is 0 Å². The van der Waals surface area contributed by atoms with Crippen LogP contribution in [0.4, 0.5) is 17.6 Å². The number of benzene rings is 2. The number of hydrogen-bond donors (Lipinski definition) is 0. The molecule has 0 bridgehead atoms. The van der Waals surface area contributed by atoms with Gasteiger partial charge in [0.2, 0.25) is 11.6 Å². The molecule has 9 heteroatoms. The second-order valence-corrected chi connectivity index (χ2v) is 5.82. The van der Waals surface area contributed by atoms with E-state index < -0.39 is 64.3 Å². The van der Waals surface area contributed by atoms with Crippen molar-refractivity contribution in [1.82, 2.24) is 0 Å². The predicted octanol–water partition coefficient (Wildman–Crippen LogP) is 4.33. The van der Waals surface area contributed by atoms with Crippen LogP contribution in [0.1, 0.15) is 13.3 Å². The molecular weight excluding hydrogens is 396 g/mol. The molecule has 2 aromatic carbocycles. The summed E-state index contributed by atoms with van der Waals surface area (Å²) in [4.78, 5) is 22.9. The Balaban J connectivity index is 2.18. The number of carbonyl (C=O) groups excluding carboxylic acids is 2. The summed E-state index contributed by atoms with van der Waals surface area (Å²) < 4.78 is 70.6. The highest BCUT2D eigenvalue weighted by molar-refractivity contribution is 5.87. The molecule has 0 atom stereocenters. The van der Waals surface area contributed by atoms with E-state index in [-0.39, 0.29) is 12.2 Å². The third-order valence-corrected chi connectivity index (χ3v) is 3.72. The molecule has 0 fully saturated rings. The molecule has 0 N–H and O–H groups in total. The van der Waals surface area contributed by atoms with E-state index in [1.807, 2.05) is 0 Å². The smallest absolute Gasteiger partial charge is 0.333 e. The van der Waals surface area contributed by atoms with Gasteiger partial charge in [0, 0.05) is 16.7 Å². The third kappa shape index (κ3) is 4.92. The number of esters is 2. The van der Waals surface area contributed by atoms with Crippen LogP contribution in [0.5, 0.6) is 11.5 Å². The fourth-order valence-corrected chi connectivity index (χ4v) is 2.24. The van der Waals surface area contributed by atoms with Crippen molar-refractivity contribution in [2.24, 2.45) is 0 Å².